The Morgan fingerprint density at radius 3 is 2.07 bits per heavy atom. The molecule has 1 N–H and O–H groups in total. The Kier molecular flexibility index (Phi) is 4.95. The van der Waals surface area contributed by atoms with Crippen LogP contribution in [0.3, 0.4) is 0 Å². The van der Waals surface area contributed by atoms with Gasteiger partial charge in [0.1, 0.15) is 10.6 Å². The van der Waals surface area contributed by atoms with Gasteiger partial charge in [-0.15, -0.1) is 0 Å². The molecule has 6 nitrogen and oxygen atoms in total. The Labute approximate surface area is 154 Å². The Balaban J connectivity index is 1.81. The third-order valence-electron chi connectivity index (χ3n) is 3.69. The van der Waals surface area contributed by atoms with E-state index in [2.05, 4.69) is 4.72 Å². The maximum absolute atomic E-state index is 12.7. The predicted octanol–water partition coefficient (Wildman–Crippen LogP) is 2.91. The summed E-state index contributed by atoms with van der Waals surface area (Å²) >= 11 is 0. The molecule has 1 aliphatic rings. The monoisotopic (exact) mass is 421 g/mol. The highest BCUT2D eigenvalue weighted by molar-refractivity contribution is 7.89. The fraction of sp³-hybridized carbons (Fsp3) is 0.250. The van der Waals surface area contributed by atoms with Gasteiger partial charge in [-0.05, 0) is 55.3 Å². The van der Waals surface area contributed by atoms with E-state index in [9.17, 15) is 30.0 Å². The van der Waals surface area contributed by atoms with Gasteiger partial charge in [0.05, 0.1) is 10.5 Å². The first-order chi connectivity index (χ1) is 12.5. The molecule has 0 aliphatic heterocycles. The van der Waals surface area contributed by atoms with Gasteiger partial charge >= 0.3 is 16.3 Å². The van der Waals surface area contributed by atoms with Crippen molar-refractivity contribution < 1.29 is 34.2 Å². The second-order valence-corrected chi connectivity index (χ2v) is 9.19. The van der Waals surface area contributed by atoms with Crippen molar-refractivity contribution >= 4 is 20.1 Å². The smallest absolute Gasteiger partial charge is 0.379 e. The topological polar surface area (TPSA) is 89.5 Å². The lowest BCUT2D eigenvalue weighted by Gasteiger charge is -2.11. The molecule has 0 amide bonds. The van der Waals surface area contributed by atoms with Crippen molar-refractivity contribution in [3.63, 3.8) is 0 Å². The SMILES string of the molecule is O=S(=O)(NC1CC1)c1ccc(S(=O)(=O)Oc2cccc(C(F)(F)F)c2)cc1. The van der Waals surface area contributed by atoms with E-state index in [1.807, 2.05) is 0 Å². The first-order valence-corrected chi connectivity index (χ1v) is 10.6. The third-order valence-corrected chi connectivity index (χ3v) is 6.49. The van der Waals surface area contributed by atoms with Gasteiger partial charge in [0.15, 0.2) is 0 Å². The van der Waals surface area contributed by atoms with Crippen molar-refractivity contribution in [1.29, 1.82) is 0 Å². The first kappa shape index (κ1) is 19.6. The normalized spacial score (nSPS) is 15.5. The molecule has 0 saturated heterocycles. The van der Waals surface area contributed by atoms with Crippen LogP contribution in [0.2, 0.25) is 0 Å². The van der Waals surface area contributed by atoms with Crippen LogP contribution in [-0.2, 0) is 26.3 Å². The second-order valence-electron chi connectivity index (χ2n) is 5.93. The molecule has 2 aromatic rings. The lowest BCUT2D eigenvalue weighted by Crippen LogP contribution is -2.25. The number of halogens is 3. The highest BCUT2D eigenvalue weighted by atomic mass is 32.2. The summed E-state index contributed by atoms with van der Waals surface area (Å²) in [4.78, 5) is -0.502. The quantitative estimate of drug-likeness (QED) is 0.725. The van der Waals surface area contributed by atoms with Gasteiger partial charge < -0.3 is 4.18 Å². The highest BCUT2D eigenvalue weighted by Gasteiger charge is 2.31. The minimum atomic E-state index is -4.65. The molecule has 2 aromatic carbocycles. The lowest BCUT2D eigenvalue weighted by molar-refractivity contribution is -0.137. The molecule has 0 bridgehead atoms. The van der Waals surface area contributed by atoms with Gasteiger partial charge in [-0.1, -0.05) is 6.07 Å². The molecule has 11 heteroatoms. The Morgan fingerprint density at radius 2 is 1.52 bits per heavy atom. The maximum Gasteiger partial charge on any atom is 0.416 e. The number of hydrogen-bond donors (Lipinski definition) is 1. The minimum absolute atomic E-state index is 0.109. The summed E-state index contributed by atoms with van der Waals surface area (Å²) in [5.41, 5.74) is -1.05. The molecular formula is C16H14F3NO5S2. The molecule has 3 rings (SSSR count). The fourth-order valence-corrected chi connectivity index (χ4v) is 4.40. The zero-order valence-electron chi connectivity index (χ0n) is 13.6. The van der Waals surface area contributed by atoms with Crippen LogP contribution in [0.25, 0.3) is 0 Å². The summed E-state index contributed by atoms with van der Waals surface area (Å²) < 4.78 is 93.9. The molecule has 0 aromatic heterocycles. The number of rotatable bonds is 6. The maximum atomic E-state index is 12.7. The molecule has 1 saturated carbocycles. The van der Waals surface area contributed by atoms with Gasteiger partial charge in [0.2, 0.25) is 10.0 Å². The summed E-state index contributed by atoms with van der Waals surface area (Å²) in [6, 6.07) is 7.55. The van der Waals surface area contributed by atoms with Gasteiger partial charge in [0.25, 0.3) is 0 Å². The van der Waals surface area contributed by atoms with Crippen LogP contribution >= 0.6 is 0 Å². The summed E-state index contributed by atoms with van der Waals surface area (Å²) in [5, 5.41) is 0. The van der Waals surface area contributed by atoms with Crippen molar-refractivity contribution in [3.05, 3.63) is 54.1 Å². The predicted molar refractivity (Wildman–Crippen MR) is 89.0 cm³/mol. The Bertz CT molecular complexity index is 1040. The minimum Gasteiger partial charge on any atom is -0.379 e. The fourth-order valence-electron chi connectivity index (χ4n) is 2.17. The number of benzene rings is 2. The molecule has 0 unspecified atom stereocenters. The summed E-state index contributed by atoms with van der Waals surface area (Å²) in [6.45, 7) is 0. The van der Waals surface area contributed by atoms with E-state index in [1.165, 1.54) is 0 Å². The van der Waals surface area contributed by atoms with Crippen LogP contribution in [0, 0.1) is 0 Å². The van der Waals surface area contributed by atoms with Crippen LogP contribution in [0.1, 0.15) is 18.4 Å². The van der Waals surface area contributed by atoms with E-state index >= 15 is 0 Å². The average Bonchev–Trinajstić information content (AvgIpc) is 3.37. The van der Waals surface area contributed by atoms with Crippen LogP contribution in [0.15, 0.2) is 58.3 Å². The van der Waals surface area contributed by atoms with Crippen LogP contribution in [0.5, 0.6) is 5.75 Å². The number of alkyl halides is 3. The van der Waals surface area contributed by atoms with Gasteiger partial charge in [-0.2, -0.15) is 21.6 Å². The van der Waals surface area contributed by atoms with E-state index in [-0.39, 0.29) is 15.8 Å². The molecule has 1 aliphatic carbocycles. The zero-order chi connectivity index (χ0) is 19.9. The second kappa shape index (κ2) is 6.80. The molecule has 27 heavy (non-hydrogen) atoms. The number of nitrogens with one attached hydrogen (secondary N) is 1. The summed E-state index contributed by atoms with van der Waals surface area (Å²) in [7, 11) is -8.18. The summed E-state index contributed by atoms with van der Waals surface area (Å²) in [5.74, 6) is -0.503. The van der Waals surface area contributed by atoms with E-state index < -0.39 is 37.6 Å². The summed E-state index contributed by atoms with van der Waals surface area (Å²) in [6.07, 6.45) is -3.15. The van der Waals surface area contributed by atoms with Crippen molar-refractivity contribution in [2.24, 2.45) is 0 Å². The Hall–Kier alpha value is -2.11. The van der Waals surface area contributed by atoms with E-state index in [0.717, 1.165) is 55.3 Å². The van der Waals surface area contributed by atoms with Crippen LogP contribution < -0.4 is 8.91 Å². The van der Waals surface area contributed by atoms with E-state index in [0.29, 0.717) is 6.07 Å². The largest absolute Gasteiger partial charge is 0.416 e. The highest BCUT2D eigenvalue weighted by Crippen LogP contribution is 2.32. The van der Waals surface area contributed by atoms with Crippen molar-refractivity contribution in [2.75, 3.05) is 0 Å². The number of sulfonamides is 1. The van der Waals surface area contributed by atoms with Crippen LogP contribution in [-0.4, -0.2) is 22.9 Å². The standard InChI is InChI=1S/C16H14F3NO5S2/c17-16(18,19)11-2-1-3-13(10-11)25-27(23,24)15-8-6-14(7-9-15)26(21,22)20-12-4-5-12/h1-3,6-10,12,20H,4-5H2. The van der Waals surface area contributed by atoms with Gasteiger partial charge in [-0.25, -0.2) is 13.1 Å². The molecule has 0 spiro atoms. The van der Waals surface area contributed by atoms with Gasteiger partial charge in [-0.3, -0.25) is 0 Å². The first-order valence-electron chi connectivity index (χ1n) is 7.71. The molecule has 0 heterocycles. The van der Waals surface area contributed by atoms with Crippen molar-refractivity contribution in [1.82, 2.24) is 4.72 Å². The molecule has 1 fully saturated rings. The molecular weight excluding hydrogens is 407 g/mol. The average molecular weight is 421 g/mol. The number of hydrogen-bond acceptors (Lipinski definition) is 5. The van der Waals surface area contributed by atoms with Crippen molar-refractivity contribution in [3.8, 4) is 5.75 Å². The lowest BCUT2D eigenvalue weighted by atomic mass is 10.2. The van der Waals surface area contributed by atoms with Crippen LogP contribution in [0.4, 0.5) is 13.2 Å². The van der Waals surface area contributed by atoms with E-state index in [4.69, 9.17) is 4.18 Å². The van der Waals surface area contributed by atoms with Crippen molar-refractivity contribution in [2.45, 2.75) is 34.9 Å². The molecule has 0 radical (unpaired) electrons. The molecule has 0 atom stereocenters. The third kappa shape index (κ3) is 4.79. The van der Waals surface area contributed by atoms with E-state index in [1.54, 1.807) is 0 Å². The van der Waals surface area contributed by atoms with Gasteiger partial charge in [0, 0.05) is 6.04 Å². The zero-order valence-corrected chi connectivity index (χ0v) is 15.2. The Morgan fingerprint density at radius 1 is 0.926 bits per heavy atom. The molecule has 146 valence electrons.